The van der Waals surface area contributed by atoms with Gasteiger partial charge in [0, 0.05) is 38.8 Å². The van der Waals surface area contributed by atoms with Gasteiger partial charge in [-0.2, -0.15) is 0 Å². The molecule has 1 aromatic rings. The van der Waals surface area contributed by atoms with Crippen LogP contribution in [0, 0.1) is 5.92 Å². The van der Waals surface area contributed by atoms with Crippen molar-refractivity contribution in [3.8, 4) is 5.75 Å². The molecule has 28 heavy (non-hydrogen) atoms. The van der Waals surface area contributed by atoms with Crippen LogP contribution >= 0.6 is 0 Å². The summed E-state index contributed by atoms with van der Waals surface area (Å²) in [5.74, 6) is 1.00. The molecule has 1 amide bonds. The van der Waals surface area contributed by atoms with Gasteiger partial charge in [0.2, 0.25) is 5.91 Å². The maximum Gasteiger partial charge on any atom is 0.226 e. The van der Waals surface area contributed by atoms with Crippen LogP contribution in [0.3, 0.4) is 0 Å². The monoisotopic (exact) mass is 385 g/mol. The third kappa shape index (κ3) is 5.06. The Labute approximate surface area is 169 Å². The summed E-state index contributed by atoms with van der Waals surface area (Å²) in [6, 6.07) is 8.88. The molecule has 0 spiro atoms. The number of nitrogens with zero attached hydrogens (tertiary/aromatic N) is 2. The Morgan fingerprint density at radius 3 is 2.68 bits per heavy atom. The van der Waals surface area contributed by atoms with E-state index in [9.17, 15) is 4.79 Å². The minimum atomic E-state index is -0.0612. The normalized spacial score (nSPS) is 24.4. The lowest BCUT2D eigenvalue weighted by molar-refractivity contribution is -0.126. The molecule has 2 fully saturated rings. The van der Waals surface area contributed by atoms with E-state index in [2.05, 4.69) is 21.2 Å². The third-order valence-corrected chi connectivity index (χ3v) is 6.70. The molecule has 0 aromatic heterocycles. The maximum absolute atomic E-state index is 12.5. The summed E-state index contributed by atoms with van der Waals surface area (Å²) in [5.41, 5.74) is 1.14. The average molecular weight is 386 g/mol. The number of nitrogens with one attached hydrogen (secondary N) is 1. The van der Waals surface area contributed by atoms with Crippen molar-refractivity contribution < 1.29 is 9.53 Å². The number of hydrogen-bond donors (Lipinski definition) is 1. The van der Waals surface area contributed by atoms with Crippen molar-refractivity contribution in [1.29, 1.82) is 0 Å². The minimum Gasteiger partial charge on any atom is -0.492 e. The number of carbonyl (C=O) groups is 1. The van der Waals surface area contributed by atoms with Crippen LogP contribution in [0.5, 0.6) is 5.75 Å². The Morgan fingerprint density at radius 2 is 1.86 bits per heavy atom. The Balaban J connectivity index is 1.11. The van der Waals surface area contributed by atoms with Gasteiger partial charge >= 0.3 is 0 Å². The fourth-order valence-electron chi connectivity index (χ4n) is 4.95. The quantitative estimate of drug-likeness (QED) is 0.765. The van der Waals surface area contributed by atoms with E-state index < -0.39 is 0 Å². The molecule has 154 valence electrons. The number of rotatable bonds is 6. The molecule has 4 rings (SSSR count). The topological polar surface area (TPSA) is 44.8 Å². The van der Waals surface area contributed by atoms with Gasteiger partial charge in [-0.25, -0.2) is 0 Å². The summed E-state index contributed by atoms with van der Waals surface area (Å²) in [6.07, 6.45) is 8.89. The van der Waals surface area contributed by atoms with Crippen molar-refractivity contribution in [3.63, 3.8) is 0 Å². The van der Waals surface area contributed by atoms with Crippen LogP contribution in [-0.4, -0.2) is 67.6 Å². The highest BCUT2D eigenvalue weighted by Gasteiger charge is 2.26. The highest BCUT2D eigenvalue weighted by Crippen LogP contribution is 2.27. The number of ether oxygens (including phenoxy) is 1. The first-order chi connectivity index (χ1) is 13.8. The molecule has 1 saturated carbocycles. The molecule has 3 aliphatic rings. The molecule has 1 unspecified atom stereocenters. The third-order valence-electron chi connectivity index (χ3n) is 6.70. The molecule has 1 N–H and O–H groups in total. The fourth-order valence-corrected chi connectivity index (χ4v) is 4.95. The second kappa shape index (κ2) is 9.75. The molecule has 2 aliphatic heterocycles. The second-order valence-corrected chi connectivity index (χ2v) is 8.63. The number of fused-ring (bicyclic) bond motifs is 1. The molecule has 1 atom stereocenters. The Morgan fingerprint density at radius 1 is 1.07 bits per heavy atom. The van der Waals surface area contributed by atoms with Gasteiger partial charge in [-0.05, 0) is 43.9 Å². The van der Waals surface area contributed by atoms with Crippen LogP contribution in [0.15, 0.2) is 24.3 Å². The van der Waals surface area contributed by atoms with Crippen molar-refractivity contribution in [1.82, 2.24) is 15.1 Å². The maximum atomic E-state index is 12.5. The van der Waals surface area contributed by atoms with Gasteiger partial charge in [0.05, 0.1) is 5.92 Å². The average Bonchev–Trinajstić information content (AvgIpc) is 2.77. The SMILES string of the molecule is O=C(NCCCN1CCN(C2CCCCC2)CC1)C1COc2ccccc2C1. The van der Waals surface area contributed by atoms with Crippen LogP contribution in [-0.2, 0) is 11.2 Å². The summed E-state index contributed by atoms with van der Waals surface area (Å²) in [4.78, 5) is 17.7. The molecule has 5 nitrogen and oxygen atoms in total. The van der Waals surface area contributed by atoms with Gasteiger partial charge in [-0.1, -0.05) is 37.5 Å². The van der Waals surface area contributed by atoms with Crippen molar-refractivity contribution in [2.24, 2.45) is 5.92 Å². The lowest BCUT2D eigenvalue weighted by atomic mass is 9.94. The van der Waals surface area contributed by atoms with Crippen molar-refractivity contribution in [2.45, 2.75) is 51.0 Å². The Bertz CT molecular complexity index is 636. The molecule has 1 aromatic carbocycles. The van der Waals surface area contributed by atoms with Crippen LogP contribution in [0.2, 0.25) is 0 Å². The predicted octanol–water partition coefficient (Wildman–Crippen LogP) is 2.69. The van der Waals surface area contributed by atoms with E-state index in [1.165, 1.54) is 58.3 Å². The molecular weight excluding hydrogens is 350 g/mol. The van der Waals surface area contributed by atoms with Crippen molar-refractivity contribution in [2.75, 3.05) is 45.9 Å². The fraction of sp³-hybridized carbons (Fsp3) is 0.696. The number of carbonyl (C=O) groups excluding carboxylic acids is 1. The molecule has 2 heterocycles. The van der Waals surface area contributed by atoms with Crippen molar-refractivity contribution in [3.05, 3.63) is 29.8 Å². The highest BCUT2D eigenvalue weighted by molar-refractivity contribution is 5.79. The van der Waals surface area contributed by atoms with Gasteiger partial charge in [-0.15, -0.1) is 0 Å². The molecule has 0 bridgehead atoms. The molecule has 0 radical (unpaired) electrons. The van der Waals surface area contributed by atoms with Crippen LogP contribution in [0.4, 0.5) is 0 Å². The number of hydrogen-bond acceptors (Lipinski definition) is 4. The van der Waals surface area contributed by atoms with Gasteiger partial charge < -0.3 is 15.0 Å². The lowest BCUT2D eigenvalue weighted by Gasteiger charge is -2.40. The first-order valence-corrected chi connectivity index (χ1v) is 11.2. The largest absolute Gasteiger partial charge is 0.492 e. The summed E-state index contributed by atoms with van der Waals surface area (Å²) in [5, 5.41) is 3.13. The Kier molecular flexibility index (Phi) is 6.86. The van der Waals surface area contributed by atoms with Gasteiger partial charge in [0.25, 0.3) is 0 Å². The van der Waals surface area contributed by atoms with E-state index in [1.807, 2.05) is 18.2 Å². The molecule has 1 saturated heterocycles. The van der Waals surface area contributed by atoms with E-state index in [0.717, 1.165) is 43.3 Å². The first kappa shape index (κ1) is 19.7. The van der Waals surface area contributed by atoms with Gasteiger partial charge in [0.15, 0.2) is 0 Å². The van der Waals surface area contributed by atoms with Crippen LogP contribution < -0.4 is 10.1 Å². The molecular formula is C23H35N3O2. The number of amides is 1. The molecule has 5 heteroatoms. The smallest absolute Gasteiger partial charge is 0.226 e. The number of para-hydroxylation sites is 1. The standard InChI is InChI=1S/C23H35N3O2/c27-23(20-17-19-7-4-5-10-22(19)28-18-20)24-11-6-12-25-13-15-26(16-14-25)21-8-2-1-3-9-21/h4-5,7,10,20-21H,1-3,6,8-9,11-18H2,(H,24,27). The summed E-state index contributed by atoms with van der Waals surface area (Å²) < 4.78 is 5.74. The highest BCUT2D eigenvalue weighted by atomic mass is 16.5. The van der Waals surface area contributed by atoms with E-state index in [4.69, 9.17) is 4.74 Å². The van der Waals surface area contributed by atoms with E-state index >= 15 is 0 Å². The zero-order valence-corrected chi connectivity index (χ0v) is 17.1. The summed E-state index contributed by atoms with van der Waals surface area (Å²) in [6.45, 7) is 7.13. The van der Waals surface area contributed by atoms with Crippen LogP contribution in [0.1, 0.15) is 44.1 Å². The predicted molar refractivity (Wildman–Crippen MR) is 112 cm³/mol. The second-order valence-electron chi connectivity index (χ2n) is 8.63. The van der Waals surface area contributed by atoms with E-state index in [1.54, 1.807) is 0 Å². The molecule has 1 aliphatic carbocycles. The number of piperazine rings is 1. The van der Waals surface area contributed by atoms with Crippen molar-refractivity contribution >= 4 is 5.91 Å². The van der Waals surface area contributed by atoms with Crippen LogP contribution in [0.25, 0.3) is 0 Å². The summed E-state index contributed by atoms with van der Waals surface area (Å²) in [7, 11) is 0. The first-order valence-electron chi connectivity index (χ1n) is 11.2. The summed E-state index contributed by atoms with van der Waals surface area (Å²) >= 11 is 0. The van der Waals surface area contributed by atoms with Gasteiger partial charge in [0.1, 0.15) is 12.4 Å². The lowest BCUT2D eigenvalue weighted by Crippen LogP contribution is -2.51. The zero-order valence-electron chi connectivity index (χ0n) is 17.1. The Hall–Kier alpha value is -1.59. The van der Waals surface area contributed by atoms with E-state index in [0.29, 0.717) is 6.61 Å². The zero-order chi connectivity index (χ0) is 19.2. The minimum absolute atomic E-state index is 0.0612. The van der Waals surface area contributed by atoms with Gasteiger partial charge in [-0.3, -0.25) is 9.69 Å². The number of benzene rings is 1. The van der Waals surface area contributed by atoms with E-state index in [-0.39, 0.29) is 11.8 Å².